The van der Waals surface area contributed by atoms with E-state index in [1.54, 1.807) is 12.1 Å². The van der Waals surface area contributed by atoms with Crippen molar-refractivity contribution in [3.05, 3.63) is 118 Å². The van der Waals surface area contributed by atoms with Gasteiger partial charge in [0.15, 0.2) is 0 Å². The second kappa shape index (κ2) is 12.4. The molecule has 214 valence electrons. The van der Waals surface area contributed by atoms with Crippen LogP contribution in [0.4, 0.5) is 10.5 Å². The number of ether oxygens (including phenoxy) is 1. The average Bonchev–Trinajstić information content (AvgIpc) is 3.41. The molecule has 3 aromatic carbocycles. The SMILES string of the molecule is CCc1ccccc1NC(=O)CN1C(=O)N/C(=C/c2cc(C)n(-c3ccc(OCc4ccccc4Cl)cc3)c2C)C1=O. The van der Waals surface area contributed by atoms with Crippen molar-refractivity contribution in [1.29, 1.82) is 0 Å². The molecule has 4 amide bonds. The summed E-state index contributed by atoms with van der Waals surface area (Å²) in [5.41, 5.74) is 6.20. The largest absolute Gasteiger partial charge is 0.489 e. The number of aromatic nitrogens is 1. The van der Waals surface area contributed by atoms with Crippen LogP contribution in [-0.4, -0.2) is 33.9 Å². The Kier molecular flexibility index (Phi) is 8.45. The van der Waals surface area contributed by atoms with E-state index in [0.717, 1.165) is 45.1 Å². The van der Waals surface area contributed by atoms with Gasteiger partial charge in [-0.3, -0.25) is 9.59 Å². The highest BCUT2D eigenvalue weighted by atomic mass is 35.5. The van der Waals surface area contributed by atoms with Crippen LogP contribution < -0.4 is 15.4 Å². The summed E-state index contributed by atoms with van der Waals surface area (Å²) in [7, 11) is 0. The number of carbonyl (C=O) groups is 3. The minimum absolute atomic E-state index is 0.116. The molecule has 0 radical (unpaired) electrons. The molecule has 5 rings (SSSR count). The lowest BCUT2D eigenvalue weighted by atomic mass is 10.1. The van der Waals surface area contributed by atoms with E-state index in [1.165, 1.54) is 0 Å². The number of imide groups is 1. The number of carbonyl (C=O) groups excluding carboxylic acids is 3. The smallest absolute Gasteiger partial charge is 0.329 e. The first-order valence-corrected chi connectivity index (χ1v) is 14.0. The Morgan fingerprint density at radius 1 is 0.976 bits per heavy atom. The van der Waals surface area contributed by atoms with Gasteiger partial charge in [-0.05, 0) is 79.9 Å². The monoisotopic (exact) mass is 582 g/mol. The van der Waals surface area contributed by atoms with Gasteiger partial charge in [0.25, 0.3) is 5.91 Å². The number of hydrogen-bond donors (Lipinski definition) is 2. The van der Waals surface area contributed by atoms with Gasteiger partial charge in [-0.25, -0.2) is 9.69 Å². The van der Waals surface area contributed by atoms with Crippen molar-refractivity contribution in [3.63, 3.8) is 0 Å². The summed E-state index contributed by atoms with van der Waals surface area (Å²) in [6.45, 7) is 5.88. The van der Waals surface area contributed by atoms with E-state index in [4.69, 9.17) is 16.3 Å². The third-order valence-corrected chi connectivity index (χ3v) is 7.52. The quantitative estimate of drug-likeness (QED) is 0.176. The third-order valence-electron chi connectivity index (χ3n) is 7.15. The van der Waals surface area contributed by atoms with Crippen LogP contribution in [0.1, 0.15) is 35.0 Å². The Balaban J connectivity index is 1.28. The van der Waals surface area contributed by atoms with E-state index in [-0.39, 0.29) is 12.2 Å². The molecular formula is C33H31ClN4O4. The van der Waals surface area contributed by atoms with Gasteiger partial charge >= 0.3 is 6.03 Å². The summed E-state index contributed by atoms with van der Waals surface area (Å²) in [6.07, 6.45) is 2.39. The maximum atomic E-state index is 13.1. The zero-order valence-electron chi connectivity index (χ0n) is 23.6. The molecule has 0 bridgehead atoms. The second-order valence-electron chi connectivity index (χ2n) is 9.97. The van der Waals surface area contributed by atoms with E-state index in [9.17, 15) is 14.4 Å². The number of rotatable bonds is 9. The molecule has 0 unspecified atom stereocenters. The lowest BCUT2D eigenvalue weighted by Crippen LogP contribution is -2.38. The zero-order valence-corrected chi connectivity index (χ0v) is 24.4. The van der Waals surface area contributed by atoms with E-state index >= 15 is 0 Å². The topological polar surface area (TPSA) is 92.7 Å². The van der Waals surface area contributed by atoms with Crippen molar-refractivity contribution >= 4 is 41.2 Å². The lowest BCUT2D eigenvalue weighted by Gasteiger charge is -2.13. The number of benzene rings is 3. The number of urea groups is 1. The van der Waals surface area contributed by atoms with E-state index in [1.807, 2.05) is 93.6 Å². The first-order valence-electron chi connectivity index (χ1n) is 13.6. The van der Waals surface area contributed by atoms with Gasteiger partial charge in [0.05, 0.1) is 0 Å². The number of aryl methyl sites for hydroxylation is 2. The van der Waals surface area contributed by atoms with Crippen LogP contribution in [0.5, 0.6) is 5.75 Å². The van der Waals surface area contributed by atoms with Crippen LogP contribution in [0.15, 0.2) is 84.6 Å². The Morgan fingerprint density at radius 3 is 2.38 bits per heavy atom. The van der Waals surface area contributed by atoms with E-state index in [2.05, 4.69) is 15.2 Å². The summed E-state index contributed by atoms with van der Waals surface area (Å²) in [6, 6.07) is 24.0. The summed E-state index contributed by atoms with van der Waals surface area (Å²) >= 11 is 6.23. The Hall–Kier alpha value is -4.82. The summed E-state index contributed by atoms with van der Waals surface area (Å²) in [4.78, 5) is 39.3. The Morgan fingerprint density at radius 2 is 1.67 bits per heavy atom. The average molecular weight is 583 g/mol. The minimum atomic E-state index is -0.633. The van der Waals surface area contributed by atoms with Gasteiger partial charge in [-0.2, -0.15) is 0 Å². The maximum absolute atomic E-state index is 13.1. The molecule has 0 atom stereocenters. The lowest BCUT2D eigenvalue weighted by molar-refractivity contribution is -0.127. The molecule has 1 aromatic heterocycles. The second-order valence-corrected chi connectivity index (χ2v) is 10.4. The van der Waals surface area contributed by atoms with Crippen LogP contribution in [-0.2, 0) is 22.6 Å². The van der Waals surface area contributed by atoms with Crippen LogP contribution in [0.3, 0.4) is 0 Å². The minimum Gasteiger partial charge on any atom is -0.489 e. The fraction of sp³-hybridized carbons (Fsp3) is 0.182. The van der Waals surface area contributed by atoms with Crippen molar-refractivity contribution in [3.8, 4) is 11.4 Å². The molecular weight excluding hydrogens is 552 g/mol. The molecule has 2 heterocycles. The summed E-state index contributed by atoms with van der Waals surface area (Å²) in [5, 5.41) is 6.08. The van der Waals surface area contributed by atoms with Crippen LogP contribution in [0, 0.1) is 13.8 Å². The molecule has 1 fully saturated rings. The van der Waals surface area contributed by atoms with Gasteiger partial charge in [0.1, 0.15) is 24.6 Å². The van der Waals surface area contributed by atoms with E-state index < -0.39 is 17.8 Å². The van der Waals surface area contributed by atoms with Crippen LogP contribution in [0.2, 0.25) is 5.02 Å². The molecule has 0 spiro atoms. The standard InChI is InChI=1S/C33H31ClN4O4/c1-4-23-9-6-8-12-29(23)35-31(39)19-37-32(40)30(36-33(37)41)18-25-17-21(2)38(22(25)3)26-13-15-27(16-14-26)42-20-24-10-5-7-11-28(24)34/h5-18H,4,19-20H2,1-3H3,(H,35,39)(H,36,41)/b30-18+. The van der Waals surface area contributed by atoms with Crippen molar-refractivity contribution in [2.24, 2.45) is 0 Å². The summed E-state index contributed by atoms with van der Waals surface area (Å²) < 4.78 is 7.97. The number of nitrogens with zero attached hydrogens (tertiary/aromatic N) is 2. The van der Waals surface area contributed by atoms with Crippen molar-refractivity contribution < 1.29 is 19.1 Å². The van der Waals surface area contributed by atoms with Gasteiger partial charge in [0.2, 0.25) is 5.91 Å². The molecule has 1 aliphatic rings. The molecule has 2 N–H and O–H groups in total. The first kappa shape index (κ1) is 28.7. The first-order chi connectivity index (χ1) is 20.2. The number of nitrogens with one attached hydrogen (secondary N) is 2. The molecule has 1 aliphatic heterocycles. The fourth-order valence-electron chi connectivity index (χ4n) is 4.95. The molecule has 0 saturated carbocycles. The number of hydrogen-bond acceptors (Lipinski definition) is 4. The van der Waals surface area contributed by atoms with Crippen molar-refractivity contribution in [2.45, 2.75) is 33.8 Å². The normalized spacial score (nSPS) is 13.9. The zero-order chi connectivity index (χ0) is 29.8. The highest BCUT2D eigenvalue weighted by Gasteiger charge is 2.35. The van der Waals surface area contributed by atoms with Crippen molar-refractivity contribution in [1.82, 2.24) is 14.8 Å². The van der Waals surface area contributed by atoms with Gasteiger partial charge in [0, 0.05) is 33.3 Å². The highest BCUT2D eigenvalue weighted by Crippen LogP contribution is 2.26. The van der Waals surface area contributed by atoms with Crippen LogP contribution in [0.25, 0.3) is 11.8 Å². The molecule has 42 heavy (non-hydrogen) atoms. The Labute approximate surface area is 249 Å². The predicted molar refractivity (Wildman–Crippen MR) is 164 cm³/mol. The van der Waals surface area contributed by atoms with Crippen molar-refractivity contribution in [2.75, 3.05) is 11.9 Å². The number of para-hydroxylation sites is 1. The predicted octanol–water partition coefficient (Wildman–Crippen LogP) is 6.42. The highest BCUT2D eigenvalue weighted by molar-refractivity contribution is 6.31. The molecule has 8 nitrogen and oxygen atoms in total. The number of anilines is 1. The van der Waals surface area contributed by atoms with Crippen LogP contribution >= 0.6 is 11.6 Å². The third kappa shape index (κ3) is 6.09. The molecule has 9 heteroatoms. The summed E-state index contributed by atoms with van der Waals surface area (Å²) in [5.74, 6) is -0.285. The number of amides is 4. The maximum Gasteiger partial charge on any atom is 0.329 e. The number of halogens is 1. The fourth-order valence-corrected chi connectivity index (χ4v) is 5.14. The Bertz CT molecular complexity index is 1690. The van der Waals surface area contributed by atoms with Gasteiger partial charge in [-0.15, -0.1) is 0 Å². The molecule has 4 aromatic rings. The molecule has 0 aliphatic carbocycles. The van der Waals surface area contributed by atoms with Gasteiger partial charge in [-0.1, -0.05) is 54.9 Å². The molecule has 1 saturated heterocycles. The van der Waals surface area contributed by atoms with E-state index in [0.29, 0.717) is 23.1 Å². The van der Waals surface area contributed by atoms with Gasteiger partial charge < -0.3 is 19.9 Å².